The van der Waals surface area contributed by atoms with Crippen molar-refractivity contribution in [1.29, 1.82) is 0 Å². The Bertz CT molecular complexity index is 1360. The standard InChI is InChI=1S/C28H21NO4/c1-32-23-11-7-21(8-12-23)29(22-9-13-24(33-2)14-10-22)26-17-20-15-18-5-3-4-6-19(18)16-25(20)27(30)28(26)31/h3-17H,1-2H3. The van der Waals surface area contributed by atoms with Gasteiger partial charge in [-0.1, -0.05) is 24.3 Å². The van der Waals surface area contributed by atoms with E-state index >= 15 is 0 Å². The number of hydrogen-bond donors (Lipinski definition) is 0. The van der Waals surface area contributed by atoms with E-state index in [0.29, 0.717) is 17.1 Å². The number of allylic oxidation sites excluding steroid dienone is 1. The second-order valence-corrected chi connectivity index (χ2v) is 7.71. The van der Waals surface area contributed by atoms with Crippen LogP contribution in [0.2, 0.25) is 0 Å². The van der Waals surface area contributed by atoms with Gasteiger partial charge in [-0.05, 0) is 83.1 Å². The fourth-order valence-electron chi connectivity index (χ4n) is 4.08. The van der Waals surface area contributed by atoms with E-state index in [2.05, 4.69) is 0 Å². The highest BCUT2D eigenvalue weighted by Crippen LogP contribution is 2.36. The van der Waals surface area contributed by atoms with Crippen molar-refractivity contribution >= 4 is 39.8 Å². The second kappa shape index (κ2) is 8.28. The first-order valence-corrected chi connectivity index (χ1v) is 10.5. The lowest BCUT2D eigenvalue weighted by Gasteiger charge is -2.29. The summed E-state index contributed by atoms with van der Waals surface area (Å²) in [5, 5.41) is 1.94. The predicted molar refractivity (Wildman–Crippen MR) is 129 cm³/mol. The Kier molecular flexibility index (Phi) is 5.15. The number of ether oxygens (including phenoxy) is 2. The summed E-state index contributed by atoms with van der Waals surface area (Å²) < 4.78 is 10.6. The summed E-state index contributed by atoms with van der Waals surface area (Å²) in [5.74, 6) is 0.334. The van der Waals surface area contributed by atoms with Crippen molar-refractivity contribution in [3.8, 4) is 11.5 Å². The maximum absolute atomic E-state index is 13.3. The Morgan fingerprint density at radius 1 is 0.636 bits per heavy atom. The van der Waals surface area contributed by atoms with Gasteiger partial charge in [0.05, 0.1) is 19.9 Å². The highest BCUT2D eigenvalue weighted by molar-refractivity contribution is 6.52. The van der Waals surface area contributed by atoms with E-state index in [1.54, 1.807) is 31.3 Å². The molecular formula is C28H21NO4. The van der Waals surface area contributed by atoms with Crippen LogP contribution in [0, 0.1) is 0 Å². The number of nitrogens with zero attached hydrogens (tertiary/aromatic N) is 1. The second-order valence-electron chi connectivity index (χ2n) is 7.71. The van der Waals surface area contributed by atoms with Crippen molar-refractivity contribution in [2.75, 3.05) is 19.1 Å². The third-order valence-corrected chi connectivity index (χ3v) is 5.80. The lowest BCUT2D eigenvalue weighted by Crippen LogP contribution is -2.31. The predicted octanol–water partition coefficient (Wildman–Crippen LogP) is 5.80. The lowest BCUT2D eigenvalue weighted by atomic mass is 9.89. The zero-order chi connectivity index (χ0) is 22.9. The molecule has 0 spiro atoms. The number of hydrogen-bond acceptors (Lipinski definition) is 5. The molecule has 0 atom stereocenters. The van der Waals surface area contributed by atoms with Crippen LogP contribution in [0.1, 0.15) is 15.9 Å². The number of carbonyl (C=O) groups excluding carboxylic acids is 2. The number of rotatable bonds is 5. The minimum absolute atomic E-state index is 0.290. The Labute approximate surface area is 191 Å². The smallest absolute Gasteiger partial charge is 0.250 e. The molecule has 5 nitrogen and oxygen atoms in total. The van der Waals surface area contributed by atoms with Gasteiger partial charge < -0.3 is 14.4 Å². The summed E-state index contributed by atoms with van der Waals surface area (Å²) in [6.07, 6.45) is 1.79. The van der Waals surface area contributed by atoms with E-state index in [-0.39, 0.29) is 5.70 Å². The van der Waals surface area contributed by atoms with Gasteiger partial charge in [-0.3, -0.25) is 9.59 Å². The molecule has 0 N–H and O–H groups in total. The minimum Gasteiger partial charge on any atom is -0.497 e. The summed E-state index contributed by atoms with van der Waals surface area (Å²) in [7, 11) is 3.20. The maximum atomic E-state index is 13.3. The summed E-state index contributed by atoms with van der Waals surface area (Å²) in [4.78, 5) is 28.3. The van der Waals surface area contributed by atoms with Crippen LogP contribution in [0.4, 0.5) is 11.4 Å². The van der Waals surface area contributed by atoms with Crippen molar-refractivity contribution in [2.24, 2.45) is 0 Å². The van der Waals surface area contributed by atoms with Gasteiger partial charge in [-0.2, -0.15) is 0 Å². The molecule has 33 heavy (non-hydrogen) atoms. The van der Waals surface area contributed by atoms with Gasteiger partial charge in [0.2, 0.25) is 11.6 Å². The average Bonchev–Trinajstić information content (AvgIpc) is 2.87. The summed E-state index contributed by atoms with van der Waals surface area (Å²) in [6.45, 7) is 0. The molecule has 1 aliphatic rings. The van der Waals surface area contributed by atoms with Crippen molar-refractivity contribution in [1.82, 2.24) is 0 Å². The zero-order valence-corrected chi connectivity index (χ0v) is 18.2. The van der Waals surface area contributed by atoms with Crippen LogP contribution in [0.25, 0.3) is 16.8 Å². The number of fused-ring (bicyclic) bond motifs is 2. The molecule has 5 rings (SSSR count). The highest BCUT2D eigenvalue weighted by atomic mass is 16.5. The highest BCUT2D eigenvalue weighted by Gasteiger charge is 2.32. The van der Waals surface area contributed by atoms with Gasteiger partial charge >= 0.3 is 0 Å². The molecule has 0 amide bonds. The fourth-order valence-corrected chi connectivity index (χ4v) is 4.08. The molecule has 162 valence electrons. The van der Waals surface area contributed by atoms with Crippen molar-refractivity contribution in [2.45, 2.75) is 0 Å². The van der Waals surface area contributed by atoms with Crippen LogP contribution in [0.3, 0.4) is 0 Å². The molecule has 5 heteroatoms. The molecule has 0 saturated heterocycles. The summed E-state index contributed by atoms with van der Waals surface area (Å²) in [5.41, 5.74) is 2.90. The van der Waals surface area contributed by atoms with E-state index in [9.17, 15) is 9.59 Å². The molecule has 4 aromatic rings. The normalized spacial score (nSPS) is 12.8. The average molecular weight is 435 g/mol. The van der Waals surface area contributed by atoms with Crippen LogP contribution < -0.4 is 14.4 Å². The van der Waals surface area contributed by atoms with Crippen LogP contribution in [0.15, 0.2) is 90.6 Å². The SMILES string of the molecule is COc1ccc(N(C2=Cc3cc4ccccc4cc3C(=O)C2=O)c2ccc(OC)cc2)cc1. The molecule has 0 unspecified atom stereocenters. The van der Waals surface area contributed by atoms with Crippen LogP contribution >= 0.6 is 0 Å². The monoisotopic (exact) mass is 435 g/mol. The zero-order valence-electron chi connectivity index (χ0n) is 18.2. The summed E-state index contributed by atoms with van der Waals surface area (Å²) >= 11 is 0. The molecule has 1 aliphatic carbocycles. The number of carbonyl (C=O) groups is 2. The third kappa shape index (κ3) is 3.64. The Morgan fingerprint density at radius 2 is 1.15 bits per heavy atom. The van der Waals surface area contributed by atoms with E-state index in [4.69, 9.17) is 9.47 Å². The van der Waals surface area contributed by atoms with Crippen molar-refractivity contribution in [3.05, 3.63) is 102 Å². The molecule has 0 radical (unpaired) electrons. The van der Waals surface area contributed by atoms with Gasteiger partial charge in [-0.15, -0.1) is 0 Å². The first kappa shape index (κ1) is 20.5. The van der Waals surface area contributed by atoms with Gasteiger partial charge in [-0.25, -0.2) is 0 Å². The fraction of sp³-hybridized carbons (Fsp3) is 0.0714. The van der Waals surface area contributed by atoms with E-state index < -0.39 is 11.6 Å². The Morgan fingerprint density at radius 3 is 1.67 bits per heavy atom. The molecular weight excluding hydrogens is 414 g/mol. The Hall–Kier alpha value is -4.38. The van der Waals surface area contributed by atoms with Gasteiger partial charge in [0.1, 0.15) is 11.5 Å². The first-order valence-electron chi connectivity index (χ1n) is 10.5. The van der Waals surface area contributed by atoms with Crippen LogP contribution in [-0.4, -0.2) is 25.8 Å². The van der Waals surface area contributed by atoms with E-state index in [1.807, 2.05) is 78.9 Å². The van der Waals surface area contributed by atoms with Crippen LogP contribution in [0.5, 0.6) is 11.5 Å². The molecule has 4 aromatic carbocycles. The lowest BCUT2D eigenvalue weighted by molar-refractivity contribution is -0.111. The van der Waals surface area contributed by atoms with Crippen LogP contribution in [-0.2, 0) is 4.79 Å². The van der Waals surface area contributed by atoms with E-state index in [1.165, 1.54) is 0 Å². The maximum Gasteiger partial charge on any atom is 0.250 e. The number of Topliss-reactive ketones (excluding diaryl/α,β-unsaturated/α-hetero) is 2. The number of benzene rings is 4. The third-order valence-electron chi connectivity index (χ3n) is 5.80. The van der Waals surface area contributed by atoms with E-state index in [0.717, 1.165) is 27.7 Å². The number of ketones is 2. The van der Waals surface area contributed by atoms with Crippen molar-refractivity contribution in [3.63, 3.8) is 0 Å². The van der Waals surface area contributed by atoms with Gasteiger partial charge in [0.15, 0.2) is 0 Å². The Balaban J connectivity index is 1.70. The molecule has 0 fully saturated rings. The number of anilines is 2. The minimum atomic E-state index is -0.551. The largest absolute Gasteiger partial charge is 0.497 e. The molecule has 0 aliphatic heterocycles. The molecule has 0 aromatic heterocycles. The topological polar surface area (TPSA) is 55.8 Å². The molecule has 0 heterocycles. The molecule has 0 bridgehead atoms. The number of methoxy groups -OCH3 is 2. The molecule has 0 saturated carbocycles. The van der Waals surface area contributed by atoms with Crippen molar-refractivity contribution < 1.29 is 19.1 Å². The van der Waals surface area contributed by atoms with Gasteiger partial charge in [0.25, 0.3) is 0 Å². The van der Waals surface area contributed by atoms with Gasteiger partial charge in [0, 0.05) is 16.9 Å². The summed E-state index contributed by atoms with van der Waals surface area (Å²) in [6, 6.07) is 26.3. The first-order chi connectivity index (χ1) is 16.1. The quantitative estimate of drug-likeness (QED) is 0.371.